The van der Waals surface area contributed by atoms with Crippen molar-refractivity contribution >= 4 is 23.6 Å². The lowest BCUT2D eigenvalue weighted by atomic mass is 9.71. The van der Waals surface area contributed by atoms with Crippen molar-refractivity contribution in [1.82, 2.24) is 10.2 Å². The molecule has 0 aliphatic heterocycles. The van der Waals surface area contributed by atoms with Gasteiger partial charge in [0.25, 0.3) is 5.91 Å². The van der Waals surface area contributed by atoms with Crippen molar-refractivity contribution in [2.75, 3.05) is 18.5 Å². The summed E-state index contributed by atoms with van der Waals surface area (Å²) in [6.07, 6.45) is 0.365. The first-order valence-electron chi connectivity index (χ1n) is 15.2. The third kappa shape index (κ3) is 9.37. The number of alkyl halides is 3. The van der Waals surface area contributed by atoms with Crippen molar-refractivity contribution < 1.29 is 37.4 Å². The van der Waals surface area contributed by atoms with E-state index in [2.05, 4.69) is 31.4 Å². The molecule has 44 heavy (non-hydrogen) atoms. The quantitative estimate of drug-likeness (QED) is 0.245. The summed E-state index contributed by atoms with van der Waals surface area (Å²) in [6, 6.07) is 9.39. The lowest BCUT2D eigenvalue weighted by Gasteiger charge is -2.41. The maximum absolute atomic E-state index is 14.1. The van der Waals surface area contributed by atoms with E-state index in [9.17, 15) is 27.6 Å². The van der Waals surface area contributed by atoms with Gasteiger partial charge in [-0.3, -0.25) is 9.59 Å². The number of aliphatic carboxylic acids is 1. The number of amides is 3. The first kappa shape index (κ1) is 33.1. The van der Waals surface area contributed by atoms with Gasteiger partial charge in [-0.05, 0) is 91.7 Å². The fourth-order valence-corrected chi connectivity index (χ4v) is 5.61. The summed E-state index contributed by atoms with van der Waals surface area (Å²) in [4.78, 5) is 38.4. The normalized spacial score (nSPS) is 18.8. The van der Waals surface area contributed by atoms with Crippen LogP contribution in [-0.4, -0.2) is 47.1 Å². The molecular formula is C33H42F3N3O5. The number of hydrogen-bond acceptors (Lipinski definition) is 4. The van der Waals surface area contributed by atoms with Gasteiger partial charge in [0.05, 0.1) is 24.3 Å². The van der Waals surface area contributed by atoms with Crippen LogP contribution in [0.3, 0.4) is 0 Å². The summed E-state index contributed by atoms with van der Waals surface area (Å²) >= 11 is 0. The predicted molar refractivity (Wildman–Crippen MR) is 160 cm³/mol. The van der Waals surface area contributed by atoms with Crippen LogP contribution in [0, 0.1) is 17.3 Å². The molecule has 8 nitrogen and oxygen atoms in total. The summed E-state index contributed by atoms with van der Waals surface area (Å²) in [5.74, 6) is -0.465. The van der Waals surface area contributed by atoms with Gasteiger partial charge in [-0.15, -0.1) is 0 Å². The van der Waals surface area contributed by atoms with E-state index < -0.39 is 29.6 Å². The second-order valence-electron chi connectivity index (χ2n) is 13.0. The smallest absolute Gasteiger partial charge is 0.418 e. The number of carbonyl (C=O) groups is 3. The maximum Gasteiger partial charge on any atom is 0.418 e. The zero-order chi connectivity index (χ0) is 32.1. The second kappa shape index (κ2) is 13.9. The Morgan fingerprint density at radius 3 is 2.18 bits per heavy atom. The molecule has 0 unspecified atom stereocenters. The highest BCUT2D eigenvalue weighted by molar-refractivity contribution is 5.94. The number of hydrogen-bond donors (Lipinski definition) is 3. The Morgan fingerprint density at radius 1 is 0.955 bits per heavy atom. The highest BCUT2D eigenvalue weighted by Gasteiger charge is 2.37. The summed E-state index contributed by atoms with van der Waals surface area (Å²) in [5, 5.41) is 13.9. The zero-order valence-electron chi connectivity index (χ0n) is 25.5. The van der Waals surface area contributed by atoms with Crippen LogP contribution in [0.5, 0.6) is 5.75 Å². The average Bonchev–Trinajstić information content (AvgIpc) is 3.79. The molecule has 0 saturated heterocycles. The molecule has 0 heterocycles. The molecule has 4 rings (SSSR count). The highest BCUT2D eigenvalue weighted by Crippen LogP contribution is 2.41. The number of carboxylic acid groups (broad SMARTS) is 1. The fraction of sp³-hybridized carbons (Fsp3) is 0.545. The van der Waals surface area contributed by atoms with E-state index in [1.54, 1.807) is 29.2 Å². The molecule has 2 aliphatic carbocycles. The Labute approximate surface area is 256 Å². The Hall–Kier alpha value is -3.76. The van der Waals surface area contributed by atoms with Crippen LogP contribution in [0.25, 0.3) is 0 Å². The molecule has 0 aromatic heterocycles. The Morgan fingerprint density at radius 2 is 1.61 bits per heavy atom. The van der Waals surface area contributed by atoms with Gasteiger partial charge in [0.2, 0.25) is 0 Å². The third-order valence-electron chi connectivity index (χ3n) is 8.54. The first-order chi connectivity index (χ1) is 20.7. The summed E-state index contributed by atoms with van der Waals surface area (Å²) in [5.41, 5.74) is -0.138. The molecular weight excluding hydrogens is 575 g/mol. The standard InChI is InChI=1S/C33H42F3N3O5/c1-32(2,3)24-10-12-25(13-11-24)39(19-21-6-8-23(9-7-21)30(42)37-17-16-29(40)41)31(43)38-28-15-14-26(44-20-22-4-5-22)18-27(28)33(34,35)36/h6-9,14-15,18,22,24-25H,4-5,10-13,16-17,19-20H2,1-3H3,(H,37,42)(H,38,43)(H,40,41)/t24-,25-. The van der Waals surface area contributed by atoms with Gasteiger partial charge in [0.15, 0.2) is 0 Å². The molecule has 0 atom stereocenters. The number of ether oxygens (including phenoxy) is 1. The van der Waals surface area contributed by atoms with Crippen molar-refractivity contribution in [2.24, 2.45) is 17.3 Å². The molecule has 0 radical (unpaired) electrons. The zero-order valence-corrected chi connectivity index (χ0v) is 25.5. The van der Waals surface area contributed by atoms with E-state index in [0.717, 1.165) is 44.6 Å². The summed E-state index contributed by atoms with van der Waals surface area (Å²) in [7, 11) is 0. The van der Waals surface area contributed by atoms with Gasteiger partial charge in [-0.2, -0.15) is 13.2 Å². The lowest BCUT2D eigenvalue weighted by Crippen LogP contribution is -2.45. The number of halogens is 3. The number of nitrogens with one attached hydrogen (secondary N) is 2. The summed E-state index contributed by atoms with van der Waals surface area (Å²) in [6.45, 7) is 7.09. The van der Waals surface area contributed by atoms with Crippen molar-refractivity contribution in [3.05, 3.63) is 59.2 Å². The highest BCUT2D eigenvalue weighted by atomic mass is 19.4. The average molecular weight is 618 g/mol. The monoisotopic (exact) mass is 617 g/mol. The number of rotatable bonds is 11. The van der Waals surface area contributed by atoms with Gasteiger partial charge in [-0.1, -0.05) is 32.9 Å². The minimum Gasteiger partial charge on any atom is -0.493 e. The number of benzene rings is 2. The van der Waals surface area contributed by atoms with E-state index >= 15 is 0 Å². The number of urea groups is 1. The van der Waals surface area contributed by atoms with Crippen molar-refractivity contribution in [3.63, 3.8) is 0 Å². The van der Waals surface area contributed by atoms with Crippen molar-refractivity contribution in [3.8, 4) is 5.75 Å². The Bertz CT molecular complexity index is 1310. The fourth-order valence-electron chi connectivity index (χ4n) is 5.61. The predicted octanol–water partition coefficient (Wildman–Crippen LogP) is 7.34. The van der Waals surface area contributed by atoms with Crippen LogP contribution in [0.1, 0.15) is 87.2 Å². The number of carbonyl (C=O) groups excluding carboxylic acids is 2. The Balaban J connectivity index is 1.52. The van der Waals surface area contributed by atoms with Gasteiger partial charge >= 0.3 is 18.2 Å². The van der Waals surface area contributed by atoms with Crippen LogP contribution in [0.2, 0.25) is 0 Å². The van der Waals surface area contributed by atoms with Crippen LogP contribution >= 0.6 is 0 Å². The summed E-state index contributed by atoms with van der Waals surface area (Å²) < 4.78 is 47.8. The van der Waals surface area contributed by atoms with E-state index in [0.29, 0.717) is 29.6 Å². The van der Waals surface area contributed by atoms with Gasteiger partial charge in [-0.25, -0.2) is 4.79 Å². The minimum absolute atomic E-state index is 0.00531. The SMILES string of the molecule is CC(C)(C)[C@H]1CC[C@H](N(Cc2ccc(C(=O)NCCC(=O)O)cc2)C(=O)Nc2ccc(OCC3CC3)cc2C(F)(F)F)CC1. The van der Waals surface area contributed by atoms with E-state index in [1.807, 2.05) is 0 Å². The molecule has 0 spiro atoms. The molecule has 0 bridgehead atoms. The van der Waals surface area contributed by atoms with Crippen LogP contribution < -0.4 is 15.4 Å². The topological polar surface area (TPSA) is 108 Å². The number of carboxylic acids is 1. The molecule has 3 amide bonds. The van der Waals surface area contributed by atoms with Crippen molar-refractivity contribution in [2.45, 2.75) is 84.5 Å². The van der Waals surface area contributed by atoms with Crippen LogP contribution in [0.4, 0.5) is 23.7 Å². The lowest BCUT2D eigenvalue weighted by molar-refractivity contribution is -0.137. The van der Waals surface area contributed by atoms with E-state index in [4.69, 9.17) is 9.84 Å². The molecule has 3 N–H and O–H groups in total. The van der Waals surface area contributed by atoms with Crippen molar-refractivity contribution in [1.29, 1.82) is 0 Å². The van der Waals surface area contributed by atoms with Crippen LogP contribution in [-0.2, 0) is 17.5 Å². The van der Waals surface area contributed by atoms with Gasteiger partial charge in [0, 0.05) is 24.7 Å². The molecule has 240 valence electrons. The van der Waals surface area contributed by atoms with Gasteiger partial charge in [0.1, 0.15) is 5.75 Å². The second-order valence-corrected chi connectivity index (χ2v) is 13.0. The molecule has 2 aliphatic rings. The number of anilines is 1. The third-order valence-corrected chi connectivity index (χ3v) is 8.54. The minimum atomic E-state index is -4.70. The molecule has 2 saturated carbocycles. The Kier molecular flexibility index (Phi) is 10.5. The molecule has 2 aromatic rings. The van der Waals surface area contributed by atoms with E-state index in [-0.39, 0.29) is 42.4 Å². The number of nitrogens with zero attached hydrogens (tertiary/aromatic N) is 1. The molecule has 11 heteroatoms. The molecule has 2 fully saturated rings. The maximum atomic E-state index is 14.1. The largest absolute Gasteiger partial charge is 0.493 e. The van der Waals surface area contributed by atoms with Crippen LogP contribution in [0.15, 0.2) is 42.5 Å². The van der Waals surface area contributed by atoms with E-state index in [1.165, 1.54) is 12.1 Å². The molecule has 2 aromatic carbocycles. The first-order valence-corrected chi connectivity index (χ1v) is 15.2. The van der Waals surface area contributed by atoms with Gasteiger partial charge < -0.3 is 25.4 Å².